The minimum atomic E-state index is -0.674. The number of aromatic amines is 1. The van der Waals surface area contributed by atoms with Crippen LogP contribution < -0.4 is 19.5 Å². The number of carbonyl (C=O) groups is 1. The van der Waals surface area contributed by atoms with Gasteiger partial charge in [0.2, 0.25) is 5.91 Å². The molecular formula is C19H21N5O4. The fraction of sp³-hybridized carbons (Fsp3) is 0.263. The number of benzene rings is 2. The van der Waals surface area contributed by atoms with Gasteiger partial charge < -0.3 is 19.5 Å². The van der Waals surface area contributed by atoms with Crippen LogP contribution in [0, 0.1) is 0 Å². The van der Waals surface area contributed by atoms with E-state index in [1.165, 1.54) is 0 Å². The molecule has 2 N–H and O–H groups in total. The summed E-state index contributed by atoms with van der Waals surface area (Å²) in [5, 5.41) is 16.9. The smallest absolute Gasteiger partial charge is 0.235 e. The van der Waals surface area contributed by atoms with Crippen molar-refractivity contribution in [3.8, 4) is 17.2 Å². The largest absolute Gasteiger partial charge is 0.497 e. The standard InChI is InChI=1S/C19H21N5O4/c1-26-14-6-4-5-13(10-14)20-19(25)16(18-21-23-24-22-18)9-12-7-8-15(27-2)11-17(12)28-3/h4-8,10-11,16H,9H2,1-3H3,(H,20,25)(H,21,22,23,24)/t16-/m0/s1. The van der Waals surface area contributed by atoms with Crippen LogP contribution in [-0.2, 0) is 11.2 Å². The van der Waals surface area contributed by atoms with E-state index in [2.05, 4.69) is 25.9 Å². The summed E-state index contributed by atoms with van der Waals surface area (Å²) >= 11 is 0. The Balaban J connectivity index is 1.87. The second kappa shape index (κ2) is 8.85. The van der Waals surface area contributed by atoms with E-state index >= 15 is 0 Å². The van der Waals surface area contributed by atoms with E-state index in [4.69, 9.17) is 14.2 Å². The van der Waals surface area contributed by atoms with E-state index < -0.39 is 5.92 Å². The lowest BCUT2D eigenvalue weighted by molar-refractivity contribution is -0.117. The van der Waals surface area contributed by atoms with Gasteiger partial charge in [-0.1, -0.05) is 17.3 Å². The van der Waals surface area contributed by atoms with E-state index in [1.807, 2.05) is 12.1 Å². The summed E-state index contributed by atoms with van der Waals surface area (Å²) in [6.07, 6.45) is 0.322. The first-order valence-electron chi connectivity index (χ1n) is 8.53. The second-order valence-corrected chi connectivity index (χ2v) is 5.93. The van der Waals surface area contributed by atoms with Gasteiger partial charge >= 0.3 is 0 Å². The molecule has 0 bridgehead atoms. The van der Waals surface area contributed by atoms with Crippen LogP contribution in [0.1, 0.15) is 17.3 Å². The lowest BCUT2D eigenvalue weighted by atomic mass is 9.96. The molecule has 9 heteroatoms. The molecule has 0 aliphatic rings. The minimum Gasteiger partial charge on any atom is -0.497 e. The van der Waals surface area contributed by atoms with Crippen LogP contribution in [0.4, 0.5) is 5.69 Å². The zero-order valence-electron chi connectivity index (χ0n) is 15.8. The van der Waals surface area contributed by atoms with Crippen molar-refractivity contribution in [1.29, 1.82) is 0 Å². The minimum absolute atomic E-state index is 0.271. The van der Waals surface area contributed by atoms with E-state index in [0.717, 1.165) is 5.56 Å². The molecule has 0 unspecified atom stereocenters. The SMILES string of the molecule is COc1cccc(NC(=O)[C@@H](Cc2ccc(OC)cc2OC)c2nn[nH]n2)c1. The highest BCUT2D eigenvalue weighted by molar-refractivity contribution is 5.95. The molecule has 0 saturated heterocycles. The fourth-order valence-electron chi connectivity index (χ4n) is 2.79. The number of nitrogens with one attached hydrogen (secondary N) is 2. The molecule has 1 heterocycles. The van der Waals surface area contributed by atoms with Crippen molar-refractivity contribution in [2.75, 3.05) is 26.6 Å². The maximum Gasteiger partial charge on any atom is 0.235 e. The lowest BCUT2D eigenvalue weighted by Crippen LogP contribution is -2.24. The van der Waals surface area contributed by atoms with Crippen molar-refractivity contribution in [2.45, 2.75) is 12.3 Å². The van der Waals surface area contributed by atoms with Crippen molar-refractivity contribution in [3.63, 3.8) is 0 Å². The normalized spacial score (nSPS) is 11.5. The van der Waals surface area contributed by atoms with Gasteiger partial charge in [0.1, 0.15) is 23.2 Å². The molecule has 0 aliphatic carbocycles. The Kier molecular flexibility index (Phi) is 6.05. The maximum atomic E-state index is 13.0. The zero-order chi connectivity index (χ0) is 19.9. The van der Waals surface area contributed by atoms with Crippen LogP contribution in [-0.4, -0.2) is 47.9 Å². The highest BCUT2D eigenvalue weighted by Gasteiger charge is 2.27. The van der Waals surface area contributed by atoms with Gasteiger partial charge in [0, 0.05) is 17.8 Å². The number of methoxy groups -OCH3 is 3. The molecule has 28 heavy (non-hydrogen) atoms. The molecule has 3 aromatic rings. The number of hydrogen-bond donors (Lipinski definition) is 2. The quantitative estimate of drug-likeness (QED) is 0.613. The third kappa shape index (κ3) is 4.37. The summed E-state index contributed by atoms with van der Waals surface area (Å²) in [6, 6.07) is 12.5. The summed E-state index contributed by atoms with van der Waals surface area (Å²) in [6.45, 7) is 0. The summed E-state index contributed by atoms with van der Waals surface area (Å²) in [4.78, 5) is 13.0. The number of nitrogens with zero attached hydrogens (tertiary/aromatic N) is 3. The van der Waals surface area contributed by atoms with Crippen molar-refractivity contribution < 1.29 is 19.0 Å². The Labute approximate surface area is 162 Å². The predicted octanol–water partition coefficient (Wildman–Crippen LogP) is 2.19. The van der Waals surface area contributed by atoms with Gasteiger partial charge in [-0.05, 0) is 30.2 Å². The van der Waals surface area contributed by atoms with Gasteiger partial charge in [0.05, 0.1) is 21.3 Å². The summed E-state index contributed by atoms with van der Waals surface area (Å²) in [7, 11) is 4.72. The van der Waals surface area contributed by atoms with Crippen LogP contribution in [0.3, 0.4) is 0 Å². The molecule has 0 aliphatic heterocycles. The van der Waals surface area contributed by atoms with Gasteiger partial charge in [-0.2, -0.15) is 5.21 Å². The monoisotopic (exact) mass is 383 g/mol. The molecule has 0 spiro atoms. The molecule has 1 atom stereocenters. The molecule has 2 aromatic carbocycles. The molecule has 9 nitrogen and oxygen atoms in total. The molecule has 0 fully saturated rings. The van der Waals surface area contributed by atoms with E-state index in [0.29, 0.717) is 35.2 Å². The van der Waals surface area contributed by atoms with E-state index in [9.17, 15) is 4.79 Å². The number of aromatic nitrogens is 4. The van der Waals surface area contributed by atoms with Crippen LogP contribution in [0.15, 0.2) is 42.5 Å². The zero-order valence-corrected chi connectivity index (χ0v) is 15.8. The third-order valence-electron chi connectivity index (χ3n) is 4.25. The molecule has 1 amide bonds. The lowest BCUT2D eigenvalue weighted by Gasteiger charge is -2.16. The van der Waals surface area contributed by atoms with E-state index in [1.54, 1.807) is 51.7 Å². The van der Waals surface area contributed by atoms with Crippen LogP contribution in [0.25, 0.3) is 0 Å². The van der Waals surface area contributed by atoms with Crippen molar-refractivity contribution in [3.05, 3.63) is 53.9 Å². The third-order valence-corrected chi connectivity index (χ3v) is 4.25. The second-order valence-electron chi connectivity index (χ2n) is 5.93. The topological polar surface area (TPSA) is 111 Å². The maximum absolute atomic E-state index is 13.0. The molecular weight excluding hydrogens is 362 g/mol. The number of carbonyl (C=O) groups excluding carboxylic acids is 1. The van der Waals surface area contributed by atoms with Gasteiger partial charge in [-0.3, -0.25) is 4.79 Å². The Morgan fingerprint density at radius 1 is 1.07 bits per heavy atom. The Hall–Kier alpha value is -3.62. The van der Waals surface area contributed by atoms with Crippen molar-refractivity contribution in [1.82, 2.24) is 20.6 Å². The molecule has 3 rings (SSSR count). The number of H-pyrrole nitrogens is 1. The first kappa shape index (κ1) is 19.2. The van der Waals surface area contributed by atoms with Crippen molar-refractivity contribution >= 4 is 11.6 Å². The molecule has 0 saturated carbocycles. The molecule has 1 aromatic heterocycles. The van der Waals surface area contributed by atoms with Gasteiger partial charge in [0.15, 0.2) is 5.82 Å². The number of rotatable bonds is 8. The number of tetrazole rings is 1. The highest BCUT2D eigenvalue weighted by atomic mass is 16.5. The summed E-state index contributed by atoms with van der Waals surface area (Å²) in [5.41, 5.74) is 1.43. The molecule has 146 valence electrons. The van der Waals surface area contributed by atoms with Crippen molar-refractivity contribution in [2.24, 2.45) is 0 Å². The highest BCUT2D eigenvalue weighted by Crippen LogP contribution is 2.29. The molecule has 0 radical (unpaired) electrons. The average molecular weight is 383 g/mol. The first-order valence-corrected chi connectivity index (χ1v) is 8.53. The number of anilines is 1. The Morgan fingerprint density at radius 2 is 1.86 bits per heavy atom. The number of hydrogen-bond acceptors (Lipinski definition) is 7. The average Bonchev–Trinajstić information content (AvgIpc) is 3.26. The number of amides is 1. The van der Waals surface area contributed by atoms with Gasteiger partial charge in [0.25, 0.3) is 0 Å². The van der Waals surface area contributed by atoms with Gasteiger partial charge in [-0.15, -0.1) is 10.2 Å². The van der Waals surface area contributed by atoms with Crippen LogP contribution >= 0.6 is 0 Å². The fourth-order valence-corrected chi connectivity index (χ4v) is 2.79. The summed E-state index contributed by atoms with van der Waals surface area (Å²) in [5.74, 6) is 1.27. The predicted molar refractivity (Wildman–Crippen MR) is 102 cm³/mol. The Morgan fingerprint density at radius 3 is 2.54 bits per heavy atom. The van der Waals surface area contributed by atoms with Crippen LogP contribution in [0.5, 0.6) is 17.2 Å². The first-order chi connectivity index (χ1) is 13.6. The van der Waals surface area contributed by atoms with E-state index in [-0.39, 0.29) is 5.91 Å². The van der Waals surface area contributed by atoms with Gasteiger partial charge in [-0.25, -0.2) is 0 Å². The summed E-state index contributed by atoms with van der Waals surface area (Å²) < 4.78 is 15.9. The van der Waals surface area contributed by atoms with Crippen LogP contribution in [0.2, 0.25) is 0 Å². The number of ether oxygens (including phenoxy) is 3. The Bertz CT molecular complexity index is 930.